The number of nitrogens with zero attached hydrogens (tertiary/aromatic N) is 1. The van der Waals surface area contributed by atoms with E-state index in [-0.39, 0.29) is 16.9 Å². The molecule has 0 saturated carbocycles. The van der Waals surface area contributed by atoms with Crippen molar-refractivity contribution < 1.29 is 19.1 Å². The van der Waals surface area contributed by atoms with E-state index < -0.39 is 11.8 Å². The third kappa shape index (κ3) is 9.16. The normalized spacial score (nSPS) is 11.6. The molecule has 5 rings (SSSR count). The van der Waals surface area contributed by atoms with Gasteiger partial charge in [0.15, 0.2) is 0 Å². The molecular weight excluding hydrogens is 584 g/mol. The lowest BCUT2D eigenvalue weighted by molar-refractivity contribution is -0.115. The number of aromatic nitrogens is 1. The Bertz CT molecular complexity index is 1760. The van der Waals surface area contributed by atoms with Gasteiger partial charge in [0.2, 0.25) is 5.91 Å². The number of hydrogen-bond donors (Lipinski definition) is 3. The summed E-state index contributed by atoms with van der Waals surface area (Å²) in [5.41, 5.74) is 2.36. The van der Waals surface area contributed by atoms with Crippen LogP contribution in [0.2, 0.25) is 0 Å². The number of nitrogens with one attached hydrogen (secondary N) is 3. The van der Waals surface area contributed by atoms with Gasteiger partial charge in [-0.25, -0.2) is 0 Å². The number of anilines is 2. The van der Waals surface area contributed by atoms with Crippen molar-refractivity contribution in [1.82, 2.24) is 10.3 Å². The van der Waals surface area contributed by atoms with Gasteiger partial charge in [-0.2, -0.15) is 0 Å². The number of hydrogen-bond acceptors (Lipinski definition) is 6. The summed E-state index contributed by atoms with van der Waals surface area (Å²) in [5, 5.41) is 8.10. The van der Waals surface area contributed by atoms with Gasteiger partial charge in [0.25, 0.3) is 11.8 Å². The molecule has 1 unspecified atom stereocenters. The van der Waals surface area contributed by atoms with Crippen LogP contribution in [-0.2, 0) is 9.59 Å². The van der Waals surface area contributed by atoms with E-state index in [4.69, 9.17) is 4.74 Å². The van der Waals surface area contributed by atoms with Crippen LogP contribution in [0.15, 0.2) is 144 Å². The van der Waals surface area contributed by atoms with Crippen molar-refractivity contribution in [3.63, 3.8) is 0 Å². The molecule has 3 amide bonds. The second-order valence-electron chi connectivity index (χ2n) is 9.83. The number of ether oxygens (including phenoxy) is 1. The van der Waals surface area contributed by atoms with Crippen LogP contribution in [0, 0.1) is 0 Å². The SMILES string of the molecule is CC(Sc1ccc(NC(=O)/C(=C/c2cccnc2)NC(=O)c2ccccc2)cc1)C(=O)Nc1ccc(Oc2ccccc2)cc1. The van der Waals surface area contributed by atoms with Gasteiger partial charge < -0.3 is 20.7 Å². The Balaban J connectivity index is 1.17. The Hall–Kier alpha value is -5.67. The van der Waals surface area contributed by atoms with Gasteiger partial charge >= 0.3 is 0 Å². The number of amides is 3. The predicted molar refractivity (Wildman–Crippen MR) is 178 cm³/mol. The maximum atomic E-state index is 13.2. The summed E-state index contributed by atoms with van der Waals surface area (Å²) in [6, 6.07) is 36.0. The van der Waals surface area contributed by atoms with Crippen LogP contribution in [0.5, 0.6) is 11.5 Å². The van der Waals surface area contributed by atoms with E-state index in [0.29, 0.717) is 28.3 Å². The topological polar surface area (TPSA) is 109 Å². The van der Waals surface area contributed by atoms with Crippen molar-refractivity contribution in [2.75, 3.05) is 10.6 Å². The Morgan fingerprint density at radius 3 is 2.02 bits per heavy atom. The first-order valence-corrected chi connectivity index (χ1v) is 15.0. The van der Waals surface area contributed by atoms with Gasteiger partial charge in [-0.3, -0.25) is 19.4 Å². The molecule has 8 nitrogen and oxygen atoms in total. The number of thioether (sulfide) groups is 1. The van der Waals surface area contributed by atoms with Crippen molar-refractivity contribution >= 4 is 46.9 Å². The number of benzene rings is 4. The average molecular weight is 615 g/mol. The first-order chi connectivity index (χ1) is 21.9. The minimum atomic E-state index is -0.489. The van der Waals surface area contributed by atoms with Crippen LogP contribution in [-0.4, -0.2) is 28.0 Å². The summed E-state index contributed by atoms with van der Waals surface area (Å²) < 4.78 is 5.81. The number of pyridine rings is 1. The minimum absolute atomic E-state index is 0.0697. The lowest BCUT2D eigenvalue weighted by atomic mass is 10.2. The molecule has 4 aromatic carbocycles. The van der Waals surface area contributed by atoms with Crippen LogP contribution >= 0.6 is 11.8 Å². The molecule has 5 aromatic rings. The zero-order valence-corrected chi connectivity index (χ0v) is 25.2. The van der Waals surface area contributed by atoms with E-state index in [1.165, 1.54) is 11.8 Å². The van der Waals surface area contributed by atoms with Gasteiger partial charge in [-0.05, 0) is 97.4 Å². The van der Waals surface area contributed by atoms with Crippen molar-refractivity contribution in [2.45, 2.75) is 17.1 Å². The third-order valence-electron chi connectivity index (χ3n) is 6.42. The maximum absolute atomic E-state index is 13.2. The van der Waals surface area contributed by atoms with Crippen LogP contribution in [0.3, 0.4) is 0 Å². The predicted octanol–water partition coefficient (Wildman–Crippen LogP) is 7.40. The van der Waals surface area contributed by atoms with Crippen LogP contribution in [0.1, 0.15) is 22.8 Å². The Kier molecular flexibility index (Phi) is 10.4. The molecule has 0 radical (unpaired) electrons. The van der Waals surface area contributed by atoms with Crippen molar-refractivity contribution in [1.29, 1.82) is 0 Å². The van der Waals surface area contributed by atoms with Crippen LogP contribution in [0.25, 0.3) is 6.08 Å². The second kappa shape index (κ2) is 15.2. The highest BCUT2D eigenvalue weighted by Crippen LogP contribution is 2.27. The summed E-state index contributed by atoms with van der Waals surface area (Å²) in [6.07, 6.45) is 4.79. The molecule has 9 heteroatoms. The highest BCUT2D eigenvalue weighted by molar-refractivity contribution is 8.00. The smallest absolute Gasteiger partial charge is 0.272 e. The summed E-state index contributed by atoms with van der Waals surface area (Å²) in [7, 11) is 0. The Morgan fingerprint density at radius 1 is 0.733 bits per heavy atom. The standard InChI is InChI=1S/C36H30N4O4S/c1-25(34(41)38-28-14-18-31(19-15-28)44-30-12-6-3-7-13-30)45-32-20-16-29(17-21-32)39-36(43)33(23-26-9-8-22-37-24-26)40-35(42)27-10-4-2-5-11-27/h2-25H,1H3,(H,38,41)(H,39,43)(H,40,42)/b33-23-. The molecule has 1 heterocycles. The van der Waals surface area contributed by atoms with Gasteiger partial charge in [0.05, 0.1) is 5.25 Å². The zero-order valence-electron chi connectivity index (χ0n) is 24.3. The van der Waals surface area contributed by atoms with Gasteiger partial charge in [-0.15, -0.1) is 11.8 Å². The largest absolute Gasteiger partial charge is 0.457 e. The Labute approximate surface area is 265 Å². The lowest BCUT2D eigenvalue weighted by Gasteiger charge is -2.14. The summed E-state index contributed by atoms with van der Waals surface area (Å²) in [5.74, 6) is 0.370. The van der Waals surface area contributed by atoms with Crippen LogP contribution in [0.4, 0.5) is 11.4 Å². The molecule has 0 bridgehead atoms. The van der Waals surface area contributed by atoms with E-state index in [1.54, 1.807) is 91.3 Å². The Morgan fingerprint density at radius 2 is 1.36 bits per heavy atom. The molecule has 224 valence electrons. The monoisotopic (exact) mass is 614 g/mol. The van der Waals surface area contributed by atoms with Crippen molar-refractivity contribution in [2.24, 2.45) is 0 Å². The molecule has 1 atom stereocenters. The van der Waals surface area contributed by atoms with E-state index >= 15 is 0 Å². The van der Waals surface area contributed by atoms with E-state index in [2.05, 4.69) is 20.9 Å². The van der Waals surface area contributed by atoms with Crippen molar-refractivity contribution in [3.8, 4) is 11.5 Å². The fourth-order valence-electron chi connectivity index (χ4n) is 4.12. The highest BCUT2D eigenvalue weighted by atomic mass is 32.2. The molecule has 0 aliphatic carbocycles. The van der Waals surface area contributed by atoms with E-state index in [1.807, 2.05) is 55.5 Å². The molecule has 0 saturated heterocycles. The zero-order chi connectivity index (χ0) is 31.4. The molecule has 1 aromatic heterocycles. The number of carbonyl (C=O) groups excluding carboxylic acids is 3. The molecule has 0 spiro atoms. The van der Waals surface area contributed by atoms with Gasteiger partial charge in [0, 0.05) is 34.2 Å². The van der Waals surface area contributed by atoms with E-state index in [0.717, 1.165) is 10.6 Å². The first kappa shape index (κ1) is 30.8. The maximum Gasteiger partial charge on any atom is 0.272 e. The minimum Gasteiger partial charge on any atom is -0.457 e. The summed E-state index contributed by atoms with van der Waals surface area (Å²) in [4.78, 5) is 43.8. The molecule has 0 fully saturated rings. The van der Waals surface area contributed by atoms with Gasteiger partial charge in [0.1, 0.15) is 17.2 Å². The molecule has 3 N–H and O–H groups in total. The van der Waals surface area contributed by atoms with Crippen molar-refractivity contribution in [3.05, 3.63) is 151 Å². The quantitative estimate of drug-likeness (QED) is 0.106. The molecular formula is C36H30N4O4S. The summed E-state index contributed by atoms with van der Waals surface area (Å²) >= 11 is 1.39. The second-order valence-corrected chi connectivity index (χ2v) is 11.2. The summed E-state index contributed by atoms with van der Waals surface area (Å²) in [6.45, 7) is 1.83. The third-order valence-corrected chi connectivity index (χ3v) is 7.53. The first-order valence-electron chi connectivity index (χ1n) is 14.1. The lowest BCUT2D eigenvalue weighted by Crippen LogP contribution is -2.30. The average Bonchev–Trinajstić information content (AvgIpc) is 3.07. The number of carbonyl (C=O) groups is 3. The van der Waals surface area contributed by atoms with E-state index in [9.17, 15) is 14.4 Å². The molecule has 0 aliphatic heterocycles. The fraction of sp³-hybridized carbons (Fsp3) is 0.0556. The van der Waals surface area contributed by atoms with Gasteiger partial charge in [-0.1, -0.05) is 42.5 Å². The number of para-hydroxylation sites is 1. The molecule has 45 heavy (non-hydrogen) atoms. The van der Waals surface area contributed by atoms with Crippen LogP contribution < -0.4 is 20.7 Å². The number of rotatable bonds is 11. The molecule has 0 aliphatic rings. The fourth-order valence-corrected chi connectivity index (χ4v) is 4.99. The highest BCUT2D eigenvalue weighted by Gasteiger charge is 2.17.